The van der Waals surface area contributed by atoms with Crippen molar-refractivity contribution in [2.24, 2.45) is 5.73 Å². The molecule has 4 N–H and O–H groups in total. The number of nitrogens with two attached hydrogens (primary N) is 1. The van der Waals surface area contributed by atoms with Gasteiger partial charge in [-0.25, -0.2) is 0 Å². The fourth-order valence-electron chi connectivity index (χ4n) is 1.01. The first kappa shape index (κ1) is 10.7. The van der Waals surface area contributed by atoms with Crippen molar-refractivity contribution < 1.29 is 4.79 Å². The van der Waals surface area contributed by atoms with Crippen molar-refractivity contribution in [2.75, 3.05) is 5.32 Å². The summed E-state index contributed by atoms with van der Waals surface area (Å²) >= 11 is 0. The minimum Gasteiger partial charge on any atom is -0.320 e. The van der Waals surface area contributed by atoms with E-state index in [2.05, 4.69) is 15.5 Å². The maximum absolute atomic E-state index is 11.4. The van der Waals surface area contributed by atoms with Gasteiger partial charge in [0.05, 0.1) is 6.04 Å². The lowest BCUT2D eigenvalue weighted by molar-refractivity contribution is -0.117. The van der Waals surface area contributed by atoms with Crippen molar-refractivity contribution in [3.63, 3.8) is 0 Å². The largest absolute Gasteiger partial charge is 0.320 e. The van der Waals surface area contributed by atoms with Crippen molar-refractivity contribution in [2.45, 2.75) is 32.7 Å². The molecule has 1 amide bonds. The van der Waals surface area contributed by atoms with Gasteiger partial charge in [0.2, 0.25) is 5.91 Å². The van der Waals surface area contributed by atoms with Crippen LogP contribution >= 0.6 is 0 Å². The Labute approximate surface area is 83.1 Å². The molecule has 0 saturated heterocycles. The molecule has 14 heavy (non-hydrogen) atoms. The van der Waals surface area contributed by atoms with Crippen LogP contribution in [0, 0.1) is 0 Å². The molecule has 0 aromatic carbocycles. The topological polar surface area (TPSA) is 83.8 Å². The Hall–Kier alpha value is -1.36. The Balaban J connectivity index is 2.56. The highest BCUT2D eigenvalue weighted by atomic mass is 16.2. The van der Waals surface area contributed by atoms with Crippen LogP contribution < -0.4 is 11.1 Å². The zero-order valence-electron chi connectivity index (χ0n) is 8.50. The van der Waals surface area contributed by atoms with E-state index >= 15 is 0 Å². The van der Waals surface area contributed by atoms with Gasteiger partial charge in [0.25, 0.3) is 0 Å². The summed E-state index contributed by atoms with van der Waals surface area (Å²) in [6.45, 7) is 3.88. The second-order valence-corrected chi connectivity index (χ2v) is 3.14. The quantitative estimate of drug-likeness (QED) is 0.661. The van der Waals surface area contributed by atoms with E-state index in [-0.39, 0.29) is 5.91 Å². The average molecular weight is 196 g/mol. The second kappa shape index (κ2) is 4.76. The summed E-state index contributed by atoms with van der Waals surface area (Å²) < 4.78 is 0. The van der Waals surface area contributed by atoms with Crippen LogP contribution in [0.4, 0.5) is 5.82 Å². The summed E-state index contributed by atoms with van der Waals surface area (Å²) in [7, 11) is 0. The fraction of sp³-hybridized carbons (Fsp3) is 0.556. The Morgan fingerprint density at radius 2 is 2.43 bits per heavy atom. The minimum atomic E-state index is -0.461. The number of H-pyrrole nitrogens is 1. The molecule has 0 aliphatic carbocycles. The van der Waals surface area contributed by atoms with Gasteiger partial charge in [-0.3, -0.25) is 9.89 Å². The van der Waals surface area contributed by atoms with Crippen molar-refractivity contribution >= 4 is 11.7 Å². The smallest absolute Gasteiger partial charge is 0.242 e. The van der Waals surface area contributed by atoms with Crippen LogP contribution in [-0.4, -0.2) is 22.1 Å². The monoisotopic (exact) mass is 196 g/mol. The van der Waals surface area contributed by atoms with Gasteiger partial charge in [-0.05, 0) is 12.8 Å². The zero-order chi connectivity index (χ0) is 10.6. The molecule has 5 nitrogen and oxygen atoms in total. The highest BCUT2D eigenvalue weighted by Crippen LogP contribution is 2.06. The third-order valence-corrected chi connectivity index (χ3v) is 2.04. The molecule has 1 unspecified atom stereocenters. The van der Waals surface area contributed by atoms with Gasteiger partial charge in [0, 0.05) is 11.8 Å². The number of hydrogen-bond acceptors (Lipinski definition) is 3. The van der Waals surface area contributed by atoms with Crippen LogP contribution in [-0.2, 0) is 11.2 Å². The Kier molecular flexibility index (Phi) is 3.64. The molecule has 0 bridgehead atoms. The van der Waals surface area contributed by atoms with Crippen molar-refractivity contribution in [3.05, 3.63) is 11.8 Å². The minimum absolute atomic E-state index is 0.193. The van der Waals surface area contributed by atoms with Crippen molar-refractivity contribution in [3.8, 4) is 0 Å². The summed E-state index contributed by atoms with van der Waals surface area (Å²) in [5.74, 6) is 0.345. The number of nitrogens with one attached hydrogen (secondary N) is 2. The van der Waals surface area contributed by atoms with Crippen LogP contribution in [0.3, 0.4) is 0 Å². The van der Waals surface area contributed by atoms with Crippen LogP contribution in [0.5, 0.6) is 0 Å². The summed E-state index contributed by atoms with van der Waals surface area (Å²) in [4.78, 5) is 11.4. The Morgan fingerprint density at radius 3 is 2.93 bits per heavy atom. The van der Waals surface area contributed by atoms with Gasteiger partial charge in [-0.1, -0.05) is 13.8 Å². The van der Waals surface area contributed by atoms with Crippen LogP contribution in [0.2, 0.25) is 0 Å². The molecule has 0 saturated carbocycles. The number of rotatable bonds is 4. The predicted molar refractivity (Wildman–Crippen MR) is 54.9 cm³/mol. The molecule has 1 aromatic rings. The first-order valence-corrected chi connectivity index (χ1v) is 4.78. The molecule has 78 valence electrons. The number of amides is 1. The van der Waals surface area contributed by atoms with Gasteiger partial charge in [0.1, 0.15) is 0 Å². The van der Waals surface area contributed by atoms with Gasteiger partial charge in [-0.15, -0.1) is 0 Å². The van der Waals surface area contributed by atoms with E-state index in [0.29, 0.717) is 12.2 Å². The SMILES string of the molecule is CCc1cc(NC(=O)C(N)CC)n[nH]1. The standard InChI is InChI=1S/C9H16N4O/c1-3-6-5-8(13-12-6)11-9(14)7(10)4-2/h5,7H,3-4,10H2,1-2H3,(H2,11,12,13,14). The molecule has 0 radical (unpaired) electrons. The summed E-state index contributed by atoms with van der Waals surface area (Å²) in [6, 6.07) is 1.34. The van der Waals surface area contributed by atoms with Crippen LogP contribution in [0.25, 0.3) is 0 Å². The Bertz CT molecular complexity index is 308. The number of nitrogens with zero attached hydrogens (tertiary/aromatic N) is 1. The first-order valence-electron chi connectivity index (χ1n) is 4.78. The van der Waals surface area contributed by atoms with E-state index in [9.17, 15) is 4.79 Å². The summed E-state index contributed by atoms with van der Waals surface area (Å²) in [5.41, 5.74) is 6.54. The van der Waals surface area contributed by atoms with E-state index in [1.807, 2.05) is 13.8 Å². The lowest BCUT2D eigenvalue weighted by Gasteiger charge is -2.06. The van der Waals surface area contributed by atoms with E-state index in [1.54, 1.807) is 6.07 Å². The fourth-order valence-corrected chi connectivity index (χ4v) is 1.01. The number of carbonyl (C=O) groups is 1. The predicted octanol–water partition coefficient (Wildman–Crippen LogP) is 0.648. The molecular formula is C9H16N4O. The molecule has 1 aromatic heterocycles. The molecular weight excluding hydrogens is 180 g/mol. The van der Waals surface area contributed by atoms with Crippen LogP contribution in [0.1, 0.15) is 26.0 Å². The molecule has 0 aliphatic rings. The van der Waals surface area contributed by atoms with Gasteiger partial charge >= 0.3 is 0 Å². The summed E-state index contributed by atoms with van der Waals surface area (Å²) in [6.07, 6.45) is 1.49. The zero-order valence-corrected chi connectivity index (χ0v) is 8.50. The Morgan fingerprint density at radius 1 is 1.71 bits per heavy atom. The molecule has 1 rings (SSSR count). The molecule has 1 heterocycles. The van der Waals surface area contributed by atoms with E-state index in [1.165, 1.54) is 0 Å². The average Bonchev–Trinajstić information content (AvgIpc) is 2.64. The van der Waals surface area contributed by atoms with Crippen LogP contribution in [0.15, 0.2) is 6.07 Å². The number of aryl methyl sites for hydroxylation is 1. The van der Waals surface area contributed by atoms with E-state index in [0.717, 1.165) is 12.1 Å². The van der Waals surface area contributed by atoms with Gasteiger partial charge in [-0.2, -0.15) is 5.10 Å². The normalized spacial score (nSPS) is 12.5. The number of carbonyl (C=O) groups excluding carboxylic acids is 1. The van der Waals surface area contributed by atoms with Crippen molar-refractivity contribution in [1.82, 2.24) is 10.2 Å². The lowest BCUT2D eigenvalue weighted by Crippen LogP contribution is -2.34. The highest BCUT2D eigenvalue weighted by Gasteiger charge is 2.12. The molecule has 0 fully saturated rings. The maximum atomic E-state index is 11.4. The second-order valence-electron chi connectivity index (χ2n) is 3.14. The molecule has 0 spiro atoms. The third-order valence-electron chi connectivity index (χ3n) is 2.04. The number of anilines is 1. The van der Waals surface area contributed by atoms with Crippen molar-refractivity contribution in [1.29, 1.82) is 0 Å². The van der Waals surface area contributed by atoms with Gasteiger partial charge < -0.3 is 11.1 Å². The number of aromatic amines is 1. The molecule has 1 atom stereocenters. The first-order chi connectivity index (χ1) is 6.67. The lowest BCUT2D eigenvalue weighted by atomic mass is 10.2. The number of hydrogen-bond donors (Lipinski definition) is 3. The molecule has 0 aliphatic heterocycles. The molecule has 5 heteroatoms. The maximum Gasteiger partial charge on any atom is 0.242 e. The number of aromatic nitrogens is 2. The highest BCUT2D eigenvalue weighted by molar-refractivity contribution is 5.93. The van der Waals surface area contributed by atoms with E-state index < -0.39 is 6.04 Å². The third kappa shape index (κ3) is 2.56. The van der Waals surface area contributed by atoms with Gasteiger partial charge in [0.15, 0.2) is 5.82 Å². The summed E-state index contributed by atoms with van der Waals surface area (Å²) in [5, 5.41) is 9.38. The van der Waals surface area contributed by atoms with E-state index in [4.69, 9.17) is 5.73 Å².